The minimum Gasteiger partial charge on any atom is -0.508 e. The molecule has 8 aromatic carbocycles. The number of anilines is 4. The maximum absolute atomic E-state index is 9.52. The van der Waals surface area contributed by atoms with E-state index in [1.807, 2.05) is 68.6 Å². The van der Waals surface area contributed by atoms with E-state index in [-0.39, 0.29) is 11.5 Å². The first kappa shape index (κ1) is 77.5. The third-order valence-corrected chi connectivity index (χ3v) is 16.1. The fourth-order valence-corrected chi connectivity index (χ4v) is 10.5. The Morgan fingerprint density at radius 1 is 0.358 bits per heavy atom. The highest BCUT2D eigenvalue weighted by Gasteiger charge is 2.16. The van der Waals surface area contributed by atoms with Gasteiger partial charge in [0.2, 0.25) is 0 Å². The Morgan fingerprint density at radius 3 is 0.953 bits per heavy atom. The molecular formula is C68H60Br2N22O12S2. The lowest BCUT2D eigenvalue weighted by molar-refractivity contribution is -0.199. The second kappa shape index (κ2) is 42.0. The van der Waals surface area contributed by atoms with E-state index >= 15 is 0 Å². The molecule has 0 bridgehead atoms. The van der Waals surface area contributed by atoms with Crippen molar-refractivity contribution in [2.75, 3.05) is 72.6 Å². The van der Waals surface area contributed by atoms with Gasteiger partial charge >= 0.3 is 0 Å². The van der Waals surface area contributed by atoms with Gasteiger partial charge in [0.25, 0.3) is 24.6 Å². The van der Waals surface area contributed by atoms with Crippen LogP contribution in [-0.4, -0.2) is 122 Å². The maximum atomic E-state index is 9.52. The number of phenolic OH excluding ortho intramolecular Hbond substituents is 2. The number of nitriles is 4. The summed E-state index contributed by atoms with van der Waals surface area (Å²) < 4.78 is 50.5. The molecular weight excluding hydrogens is 1540 g/mol. The number of nitrogens with zero attached hydrogens (tertiary/aromatic N) is 20. The van der Waals surface area contributed by atoms with Crippen molar-refractivity contribution in [1.29, 1.82) is 21.0 Å². The number of ether oxygens (including phenoxy) is 4. The number of aromatic nitrogens is 12. The number of halogens is 2. The van der Waals surface area contributed by atoms with Crippen molar-refractivity contribution in [2.24, 2.45) is 11.8 Å². The van der Waals surface area contributed by atoms with Gasteiger partial charge in [0, 0.05) is 0 Å². The summed E-state index contributed by atoms with van der Waals surface area (Å²) in [4.78, 5) is 7.87. The van der Waals surface area contributed by atoms with Crippen molar-refractivity contribution in [3.63, 3.8) is 0 Å². The van der Waals surface area contributed by atoms with Gasteiger partial charge in [-0.2, -0.15) is 32.8 Å². The van der Waals surface area contributed by atoms with Gasteiger partial charge in [0.15, 0.2) is 5.75 Å². The molecule has 34 nitrogen and oxygen atoms in total. The van der Waals surface area contributed by atoms with Crippen molar-refractivity contribution >= 4 is 79.3 Å². The van der Waals surface area contributed by atoms with Gasteiger partial charge < -0.3 is 37.5 Å². The molecule has 0 aliphatic heterocycles. The molecule has 0 amide bonds. The fourth-order valence-electron chi connectivity index (χ4n) is 9.11. The molecule has 0 saturated heterocycles. The zero-order valence-electron chi connectivity index (χ0n) is 55.2. The van der Waals surface area contributed by atoms with Gasteiger partial charge in [-0.1, -0.05) is 0 Å². The molecule has 4 heterocycles. The number of hydrogen-bond donors (Lipinski definition) is 4. The molecule has 12 rings (SSSR count). The van der Waals surface area contributed by atoms with Gasteiger partial charge in [0.05, 0.1) is 104 Å². The SMILES string of the molecule is N#Cc1ccc(N(CCOc2ccc(O)c(Br)c2)n2cnnc2)cc1.N#Cc1ccc(N(CCOc2ccc(O)cc2)n2cnnc2)cc1.N#Cc1ccc(N(CCOc2ccc(OSOON)c(Br)c2)n2cnnc2)cc1.N#Cc1ccc(N(CCOc2ccc(OSOON)cc2)n2cnnc2)cc1. The van der Waals surface area contributed by atoms with Crippen LogP contribution < -0.4 is 59.1 Å². The molecule has 4 aromatic heterocycles. The zero-order chi connectivity index (χ0) is 74.5. The van der Waals surface area contributed by atoms with Crippen molar-refractivity contribution in [3.05, 3.63) is 264 Å². The maximum Gasteiger partial charge on any atom is 0.260 e. The molecule has 38 heteroatoms. The number of rotatable bonds is 32. The Hall–Kier alpha value is -12.7. The summed E-state index contributed by atoms with van der Waals surface area (Å²) in [5.74, 6) is 13.5. The first-order valence-electron chi connectivity index (χ1n) is 30.9. The Morgan fingerprint density at radius 2 is 0.642 bits per heavy atom. The largest absolute Gasteiger partial charge is 0.508 e. The highest BCUT2D eigenvalue weighted by atomic mass is 79.9. The number of aromatic hydroxyl groups is 2. The summed E-state index contributed by atoms with van der Waals surface area (Å²) in [5, 5.41) is 93.0. The van der Waals surface area contributed by atoms with Crippen molar-refractivity contribution in [1.82, 2.24) is 59.5 Å². The second-order valence-corrected chi connectivity index (χ2v) is 23.3. The molecule has 106 heavy (non-hydrogen) atoms. The number of benzene rings is 8. The summed E-state index contributed by atoms with van der Waals surface area (Å²) in [6, 6.07) is 61.1. The van der Waals surface area contributed by atoms with Crippen molar-refractivity contribution in [3.8, 4) is 70.3 Å². The smallest absolute Gasteiger partial charge is 0.260 e. The minimum atomic E-state index is 0.163. The first-order valence-corrected chi connectivity index (χ1v) is 33.8. The third kappa shape index (κ3) is 24.2. The first-order chi connectivity index (χ1) is 51.9. The molecule has 0 atom stereocenters. The van der Waals surface area contributed by atoms with Crippen LogP contribution in [0.25, 0.3) is 0 Å². The molecule has 0 spiro atoms. The highest BCUT2D eigenvalue weighted by molar-refractivity contribution is 9.11. The normalized spacial score (nSPS) is 10.3. The lowest BCUT2D eigenvalue weighted by Crippen LogP contribution is -2.32. The predicted octanol–water partition coefficient (Wildman–Crippen LogP) is 10.5. The molecule has 0 saturated carbocycles. The van der Waals surface area contributed by atoms with E-state index in [1.54, 1.807) is 203 Å². The van der Waals surface area contributed by atoms with Crippen LogP contribution in [0.4, 0.5) is 22.7 Å². The summed E-state index contributed by atoms with van der Waals surface area (Å²) in [6.07, 6.45) is 12.7. The van der Waals surface area contributed by atoms with Gasteiger partial charge in [-0.3, -0.25) is 20.0 Å². The van der Waals surface area contributed by atoms with Gasteiger partial charge in [-0.25, -0.2) is 18.7 Å². The average Bonchev–Trinajstić information content (AvgIpc) is 1.46. The van der Waals surface area contributed by atoms with Crippen LogP contribution in [0.1, 0.15) is 22.3 Å². The predicted molar refractivity (Wildman–Crippen MR) is 391 cm³/mol. The lowest BCUT2D eigenvalue weighted by Gasteiger charge is -2.25. The summed E-state index contributed by atoms with van der Waals surface area (Å²) >= 11 is 7.85. The van der Waals surface area contributed by atoms with Crippen molar-refractivity contribution in [2.45, 2.75) is 0 Å². The number of phenols is 2. The topological polar surface area (TPSA) is 416 Å². The highest BCUT2D eigenvalue weighted by Crippen LogP contribution is 2.33. The van der Waals surface area contributed by atoms with Gasteiger partial charge in [-0.15, -0.1) is 59.4 Å². The van der Waals surface area contributed by atoms with Crippen LogP contribution in [0.5, 0.6) is 46.0 Å². The molecule has 6 N–H and O–H groups in total. The third-order valence-electron chi connectivity index (χ3n) is 14.1. The quantitative estimate of drug-likeness (QED) is 0.0132. The molecule has 0 aliphatic carbocycles. The standard InChI is InChI=1S/C17H15BrN6O4S.C17H14BrN5O2.C17H16N6O4S.C17H15N5O2/c18-16-9-15(5-6-17(16)26-29-28-27-20)25-8-7-24(23-11-21-22-12-23)14-3-1-13(10-19)2-4-14;18-16-9-15(5-6-17(16)24)25-8-7-23(22-11-20-21-12-22)14-3-1-13(10-19)2-4-14;18-11-14-1-3-15(4-2-14)23(22-12-20-21-13-22)9-10-24-16-5-7-17(8-6-16)25-28-27-26-19;18-11-14-1-3-15(4-2-14)22(21-12-19-20-13-21)9-10-24-17-7-5-16(23)6-8-17/h1-6,9,11-12H,7-8,20H2;1-6,9,11-12,24H,7-8H2;1-8,12-13H,9-10,19H2;1-8,12-13,23H,9-10H2. The summed E-state index contributed by atoms with van der Waals surface area (Å²) in [7, 11) is 0. The monoisotopic (exact) mass is 1600 g/mol. The van der Waals surface area contributed by atoms with Crippen LogP contribution in [0.2, 0.25) is 0 Å². The molecule has 0 radical (unpaired) electrons. The molecule has 0 unspecified atom stereocenters. The van der Waals surface area contributed by atoms with Crippen LogP contribution in [0, 0.1) is 45.3 Å². The Kier molecular flexibility index (Phi) is 30.7. The lowest BCUT2D eigenvalue weighted by atomic mass is 10.2. The minimum absolute atomic E-state index is 0.163. The van der Waals surface area contributed by atoms with E-state index < -0.39 is 0 Å². The van der Waals surface area contributed by atoms with E-state index in [9.17, 15) is 10.2 Å². The van der Waals surface area contributed by atoms with Crippen LogP contribution in [-0.2, 0) is 18.6 Å². The summed E-state index contributed by atoms with van der Waals surface area (Å²) in [6.45, 7) is 3.71. The Bertz CT molecular complexity index is 4720. The van der Waals surface area contributed by atoms with E-state index in [0.29, 0.717) is 143 Å². The van der Waals surface area contributed by atoms with Gasteiger partial charge in [0.1, 0.15) is 117 Å². The van der Waals surface area contributed by atoms with E-state index in [1.165, 1.54) is 0 Å². The second-order valence-electron chi connectivity index (χ2n) is 20.7. The molecule has 12 aromatic rings. The fraction of sp³-hybridized carbons (Fsp3) is 0.118. The Balaban J connectivity index is 0.000000164. The molecule has 0 fully saturated rings. The molecule has 540 valence electrons. The summed E-state index contributed by atoms with van der Waals surface area (Å²) in [5.41, 5.74) is 5.90. The van der Waals surface area contributed by atoms with Crippen LogP contribution in [0.3, 0.4) is 0 Å². The van der Waals surface area contributed by atoms with E-state index in [4.69, 9.17) is 60.2 Å². The van der Waals surface area contributed by atoms with Crippen LogP contribution >= 0.6 is 56.5 Å². The van der Waals surface area contributed by atoms with Crippen LogP contribution in [0.15, 0.2) is 242 Å². The number of hydrogen-bond acceptors (Lipinski definition) is 32. The molecule has 0 aliphatic rings. The van der Waals surface area contributed by atoms with E-state index in [0.717, 1.165) is 22.7 Å². The Labute approximate surface area is 630 Å². The van der Waals surface area contributed by atoms with Gasteiger partial charge in [-0.05, 0) is 214 Å². The number of nitrogens with two attached hydrogens (primary N) is 2. The van der Waals surface area contributed by atoms with Crippen molar-refractivity contribution < 1.29 is 56.2 Å². The van der Waals surface area contributed by atoms with E-state index in [2.05, 4.69) is 116 Å². The zero-order valence-corrected chi connectivity index (χ0v) is 60.0. The average molecular weight is 1600 g/mol.